The maximum absolute atomic E-state index is 13.1. The summed E-state index contributed by atoms with van der Waals surface area (Å²) < 4.78 is 2.14. The second kappa shape index (κ2) is 9.52. The number of rotatable bonds is 7. The molecule has 0 aliphatic carbocycles. The fourth-order valence-electron chi connectivity index (χ4n) is 3.98. The Morgan fingerprint density at radius 3 is 2.28 bits per heavy atom. The molecule has 0 N–H and O–H groups in total. The first-order valence-corrected chi connectivity index (χ1v) is 10.4. The molecule has 1 fully saturated rings. The van der Waals surface area contributed by atoms with E-state index in [-0.39, 0.29) is 11.9 Å². The summed E-state index contributed by atoms with van der Waals surface area (Å²) in [6, 6.07) is 18.5. The Morgan fingerprint density at radius 1 is 0.897 bits per heavy atom. The summed E-state index contributed by atoms with van der Waals surface area (Å²) in [5, 5.41) is 0. The van der Waals surface area contributed by atoms with Gasteiger partial charge in [-0.3, -0.25) is 14.7 Å². The molecule has 0 bridgehead atoms. The third-order valence-corrected chi connectivity index (χ3v) is 5.73. The molecule has 3 heterocycles. The van der Waals surface area contributed by atoms with E-state index in [0.29, 0.717) is 6.42 Å². The lowest BCUT2D eigenvalue weighted by atomic mass is 10.0. The summed E-state index contributed by atoms with van der Waals surface area (Å²) in [7, 11) is 0. The molecule has 150 valence electrons. The smallest absolute Gasteiger partial charge is 0.225 e. The van der Waals surface area contributed by atoms with Gasteiger partial charge in [0, 0.05) is 57.5 Å². The van der Waals surface area contributed by atoms with Gasteiger partial charge in [0.05, 0.1) is 12.5 Å². The molecule has 1 aromatic carbocycles. The third kappa shape index (κ3) is 5.12. The van der Waals surface area contributed by atoms with Crippen molar-refractivity contribution < 1.29 is 4.79 Å². The fraction of sp³-hybridized carbons (Fsp3) is 0.333. The largest absolute Gasteiger partial charge is 0.346 e. The Labute approximate surface area is 172 Å². The summed E-state index contributed by atoms with van der Waals surface area (Å²) in [6.07, 6.45) is 9.31. The van der Waals surface area contributed by atoms with Crippen molar-refractivity contribution >= 4 is 5.91 Å². The lowest BCUT2D eigenvalue weighted by Crippen LogP contribution is -2.49. The fourth-order valence-corrected chi connectivity index (χ4v) is 3.98. The van der Waals surface area contributed by atoms with Crippen LogP contribution in [0.3, 0.4) is 0 Å². The van der Waals surface area contributed by atoms with Crippen LogP contribution in [0, 0.1) is 0 Å². The Bertz CT molecular complexity index is 872. The number of hydrogen-bond acceptors (Lipinski definition) is 3. The van der Waals surface area contributed by atoms with Gasteiger partial charge in [-0.25, -0.2) is 0 Å². The third-order valence-electron chi connectivity index (χ3n) is 5.73. The summed E-state index contributed by atoms with van der Waals surface area (Å²) in [5.41, 5.74) is 2.49. The van der Waals surface area contributed by atoms with Gasteiger partial charge in [-0.15, -0.1) is 0 Å². The van der Waals surface area contributed by atoms with Crippen LogP contribution >= 0.6 is 0 Å². The minimum Gasteiger partial charge on any atom is -0.346 e. The van der Waals surface area contributed by atoms with Gasteiger partial charge in [-0.05, 0) is 41.8 Å². The SMILES string of the molecule is O=C(C[C@@H](c1ccccc1)n1cccc1)N1CCN(CCc2ccncc2)CC1. The van der Waals surface area contributed by atoms with Crippen LogP contribution in [0.15, 0.2) is 79.4 Å². The molecule has 1 aliphatic rings. The van der Waals surface area contributed by atoms with Crippen molar-refractivity contribution in [1.29, 1.82) is 0 Å². The van der Waals surface area contributed by atoms with Crippen molar-refractivity contribution in [3.8, 4) is 0 Å². The van der Waals surface area contributed by atoms with Crippen molar-refractivity contribution in [2.75, 3.05) is 32.7 Å². The molecule has 1 aliphatic heterocycles. The average Bonchev–Trinajstić information content (AvgIpc) is 3.32. The molecule has 0 radical (unpaired) electrons. The normalized spacial score (nSPS) is 15.9. The van der Waals surface area contributed by atoms with Crippen LogP contribution in [0.1, 0.15) is 23.6 Å². The number of carbonyl (C=O) groups is 1. The molecule has 1 amide bonds. The number of hydrogen-bond donors (Lipinski definition) is 0. The average molecular weight is 389 g/mol. The number of aromatic nitrogens is 2. The van der Waals surface area contributed by atoms with E-state index in [2.05, 4.69) is 38.7 Å². The molecule has 5 heteroatoms. The molecule has 1 saturated heterocycles. The molecular formula is C24H28N4O. The van der Waals surface area contributed by atoms with Gasteiger partial charge in [-0.2, -0.15) is 0 Å². The van der Waals surface area contributed by atoms with Gasteiger partial charge in [-0.1, -0.05) is 30.3 Å². The second-order valence-corrected chi connectivity index (χ2v) is 7.59. The highest BCUT2D eigenvalue weighted by atomic mass is 16.2. The van der Waals surface area contributed by atoms with E-state index in [9.17, 15) is 4.79 Å². The number of carbonyl (C=O) groups excluding carboxylic acids is 1. The van der Waals surface area contributed by atoms with Crippen molar-refractivity contribution in [3.05, 3.63) is 90.5 Å². The summed E-state index contributed by atoms with van der Waals surface area (Å²) >= 11 is 0. The maximum Gasteiger partial charge on any atom is 0.225 e. The maximum atomic E-state index is 13.1. The molecular weight excluding hydrogens is 360 g/mol. The van der Waals surface area contributed by atoms with Crippen molar-refractivity contribution in [3.63, 3.8) is 0 Å². The zero-order valence-corrected chi connectivity index (χ0v) is 16.7. The van der Waals surface area contributed by atoms with Crippen LogP contribution in [0.4, 0.5) is 0 Å². The molecule has 4 rings (SSSR count). The van der Waals surface area contributed by atoms with E-state index in [4.69, 9.17) is 0 Å². The summed E-state index contributed by atoms with van der Waals surface area (Å²) in [5.74, 6) is 0.237. The van der Waals surface area contributed by atoms with Gasteiger partial charge in [0.1, 0.15) is 0 Å². The molecule has 0 spiro atoms. The van der Waals surface area contributed by atoms with Gasteiger partial charge in [0.25, 0.3) is 0 Å². The minimum atomic E-state index is 0.0448. The van der Waals surface area contributed by atoms with Crippen LogP contribution in [-0.2, 0) is 11.2 Å². The Morgan fingerprint density at radius 2 is 1.59 bits per heavy atom. The van der Waals surface area contributed by atoms with Crippen molar-refractivity contribution in [1.82, 2.24) is 19.4 Å². The van der Waals surface area contributed by atoms with E-state index in [1.807, 2.05) is 60.0 Å². The quantitative estimate of drug-likeness (QED) is 0.624. The molecule has 0 unspecified atom stereocenters. The number of benzene rings is 1. The second-order valence-electron chi connectivity index (χ2n) is 7.59. The Kier molecular flexibility index (Phi) is 6.37. The molecule has 1 atom stereocenters. The topological polar surface area (TPSA) is 41.4 Å². The zero-order chi connectivity index (χ0) is 19.9. The lowest BCUT2D eigenvalue weighted by Gasteiger charge is -2.35. The summed E-state index contributed by atoms with van der Waals surface area (Å²) in [6.45, 7) is 4.53. The van der Waals surface area contributed by atoms with E-state index < -0.39 is 0 Å². The lowest BCUT2D eigenvalue weighted by molar-refractivity contribution is -0.133. The number of nitrogens with zero attached hydrogens (tertiary/aromatic N) is 4. The van der Waals surface area contributed by atoms with E-state index >= 15 is 0 Å². The predicted molar refractivity (Wildman–Crippen MR) is 115 cm³/mol. The van der Waals surface area contributed by atoms with Gasteiger partial charge in [0.15, 0.2) is 0 Å². The van der Waals surface area contributed by atoms with Crippen LogP contribution in [0.5, 0.6) is 0 Å². The Balaban J connectivity index is 1.31. The molecule has 0 saturated carbocycles. The van der Waals surface area contributed by atoms with Crippen LogP contribution in [0.2, 0.25) is 0 Å². The molecule has 29 heavy (non-hydrogen) atoms. The van der Waals surface area contributed by atoms with E-state index in [1.54, 1.807) is 0 Å². The van der Waals surface area contributed by atoms with Crippen LogP contribution < -0.4 is 0 Å². The standard InChI is InChI=1S/C24H28N4O/c29-24(20-23(27-13-4-5-14-27)22-6-2-1-3-7-22)28-18-16-26(17-19-28)15-10-21-8-11-25-12-9-21/h1-9,11-14,23H,10,15-20H2/t23-/m0/s1. The van der Waals surface area contributed by atoms with Crippen molar-refractivity contribution in [2.24, 2.45) is 0 Å². The van der Waals surface area contributed by atoms with Crippen LogP contribution in [-0.4, -0.2) is 58.0 Å². The van der Waals surface area contributed by atoms with Gasteiger partial charge < -0.3 is 9.47 Å². The highest BCUT2D eigenvalue weighted by Crippen LogP contribution is 2.23. The van der Waals surface area contributed by atoms with E-state index in [1.165, 1.54) is 11.1 Å². The number of pyridine rings is 1. The highest BCUT2D eigenvalue weighted by Gasteiger charge is 2.24. The minimum absolute atomic E-state index is 0.0448. The van der Waals surface area contributed by atoms with Gasteiger partial charge >= 0.3 is 0 Å². The highest BCUT2D eigenvalue weighted by molar-refractivity contribution is 5.77. The first kappa shape index (κ1) is 19.4. The molecule has 5 nitrogen and oxygen atoms in total. The number of amides is 1. The summed E-state index contributed by atoms with van der Waals surface area (Å²) in [4.78, 5) is 21.6. The molecule has 3 aromatic rings. The first-order chi connectivity index (χ1) is 14.3. The van der Waals surface area contributed by atoms with Crippen molar-refractivity contribution in [2.45, 2.75) is 18.9 Å². The van der Waals surface area contributed by atoms with E-state index in [0.717, 1.165) is 39.1 Å². The predicted octanol–water partition coefficient (Wildman–Crippen LogP) is 3.25. The van der Waals surface area contributed by atoms with Gasteiger partial charge in [0.2, 0.25) is 5.91 Å². The monoisotopic (exact) mass is 388 g/mol. The van der Waals surface area contributed by atoms with Crippen LogP contribution in [0.25, 0.3) is 0 Å². The molecule has 2 aromatic heterocycles. The first-order valence-electron chi connectivity index (χ1n) is 10.4. The Hall–Kier alpha value is -2.92. The number of piperazine rings is 1. The zero-order valence-electron chi connectivity index (χ0n) is 16.7.